The van der Waals surface area contributed by atoms with Gasteiger partial charge in [-0.3, -0.25) is 9.59 Å². The summed E-state index contributed by atoms with van der Waals surface area (Å²) in [6.07, 6.45) is 3.78. The molecule has 1 rings (SSSR count). The van der Waals surface area contributed by atoms with Gasteiger partial charge in [0, 0.05) is 20.0 Å². The summed E-state index contributed by atoms with van der Waals surface area (Å²) in [6, 6.07) is -0.845. The SMILES string of the molecule is CSCC[C@@H](NC(=O)C1CCCN(C(C)=O)C1)C(=O)O. The summed E-state index contributed by atoms with van der Waals surface area (Å²) in [6.45, 7) is 2.54. The van der Waals surface area contributed by atoms with Crippen LogP contribution in [0.4, 0.5) is 0 Å². The van der Waals surface area contributed by atoms with Gasteiger partial charge in [-0.25, -0.2) is 4.79 Å². The number of carbonyl (C=O) groups excluding carboxylic acids is 2. The van der Waals surface area contributed by atoms with Crippen LogP contribution in [0.5, 0.6) is 0 Å². The number of likely N-dealkylation sites (tertiary alicyclic amines) is 1. The van der Waals surface area contributed by atoms with Crippen LogP contribution in [0.15, 0.2) is 0 Å². The number of amides is 2. The maximum atomic E-state index is 12.1. The average molecular weight is 302 g/mol. The summed E-state index contributed by atoms with van der Waals surface area (Å²) < 4.78 is 0. The van der Waals surface area contributed by atoms with Crippen molar-refractivity contribution in [3.8, 4) is 0 Å². The molecule has 2 atom stereocenters. The van der Waals surface area contributed by atoms with Crippen LogP contribution in [0.1, 0.15) is 26.2 Å². The first-order valence-corrected chi connectivity index (χ1v) is 8.12. The van der Waals surface area contributed by atoms with E-state index < -0.39 is 12.0 Å². The van der Waals surface area contributed by atoms with Gasteiger partial charge in [0.2, 0.25) is 11.8 Å². The molecule has 1 fully saturated rings. The molecule has 1 heterocycles. The first-order chi connectivity index (χ1) is 9.45. The second-order valence-electron chi connectivity index (χ2n) is 4.99. The molecule has 0 spiro atoms. The van der Waals surface area contributed by atoms with Gasteiger partial charge < -0.3 is 15.3 Å². The van der Waals surface area contributed by atoms with Gasteiger partial charge in [0.25, 0.3) is 0 Å². The first-order valence-electron chi connectivity index (χ1n) is 6.73. The second kappa shape index (κ2) is 8.14. The smallest absolute Gasteiger partial charge is 0.326 e. The lowest BCUT2D eigenvalue weighted by molar-refractivity contribution is -0.143. The van der Waals surface area contributed by atoms with Gasteiger partial charge in [-0.05, 0) is 31.3 Å². The molecular formula is C13H22N2O4S. The van der Waals surface area contributed by atoms with Crippen molar-refractivity contribution in [2.45, 2.75) is 32.2 Å². The van der Waals surface area contributed by atoms with Gasteiger partial charge in [0.05, 0.1) is 5.92 Å². The van der Waals surface area contributed by atoms with Crippen molar-refractivity contribution >= 4 is 29.5 Å². The predicted molar refractivity (Wildman–Crippen MR) is 77.5 cm³/mol. The lowest BCUT2D eigenvalue weighted by Crippen LogP contribution is -2.49. The molecule has 0 bridgehead atoms. The number of hydrogen-bond donors (Lipinski definition) is 2. The van der Waals surface area contributed by atoms with Crippen molar-refractivity contribution in [3.05, 3.63) is 0 Å². The van der Waals surface area contributed by atoms with Crippen molar-refractivity contribution in [1.82, 2.24) is 10.2 Å². The number of carboxylic acid groups (broad SMARTS) is 1. The molecule has 1 aliphatic heterocycles. The van der Waals surface area contributed by atoms with Gasteiger partial charge in [-0.1, -0.05) is 0 Å². The summed E-state index contributed by atoms with van der Waals surface area (Å²) >= 11 is 1.55. The number of nitrogens with one attached hydrogen (secondary N) is 1. The highest BCUT2D eigenvalue weighted by Crippen LogP contribution is 2.17. The summed E-state index contributed by atoms with van der Waals surface area (Å²) in [5, 5.41) is 11.7. The lowest BCUT2D eigenvalue weighted by atomic mass is 9.96. The average Bonchev–Trinajstić information content (AvgIpc) is 2.42. The summed E-state index contributed by atoms with van der Waals surface area (Å²) in [5.74, 6) is -0.930. The summed E-state index contributed by atoms with van der Waals surface area (Å²) in [4.78, 5) is 36.2. The molecular weight excluding hydrogens is 280 g/mol. The van der Waals surface area contributed by atoms with E-state index in [1.807, 2.05) is 6.26 Å². The number of piperidine rings is 1. The Kier molecular flexibility index (Phi) is 6.84. The van der Waals surface area contributed by atoms with Gasteiger partial charge >= 0.3 is 5.97 Å². The number of aliphatic carboxylic acids is 1. The van der Waals surface area contributed by atoms with E-state index in [0.717, 1.165) is 6.42 Å². The largest absolute Gasteiger partial charge is 0.480 e. The van der Waals surface area contributed by atoms with Crippen LogP contribution in [0.3, 0.4) is 0 Å². The molecule has 0 aromatic rings. The number of carbonyl (C=O) groups is 3. The van der Waals surface area contributed by atoms with Crippen molar-refractivity contribution in [3.63, 3.8) is 0 Å². The third-order valence-electron chi connectivity index (χ3n) is 3.46. The van der Waals surface area contributed by atoms with E-state index in [4.69, 9.17) is 5.11 Å². The van der Waals surface area contributed by atoms with Crippen molar-refractivity contribution in [2.24, 2.45) is 5.92 Å². The molecule has 7 heteroatoms. The number of nitrogens with zero attached hydrogens (tertiary/aromatic N) is 1. The van der Waals surface area contributed by atoms with Crippen LogP contribution in [-0.4, -0.2) is 58.9 Å². The quantitative estimate of drug-likeness (QED) is 0.749. The highest BCUT2D eigenvalue weighted by atomic mass is 32.2. The number of thioether (sulfide) groups is 1. The lowest BCUT2D eigenvalue weighted by Gasteiger charge is -2.31. The van der Waals surface area contributed by atoms with E-state index >= 15 is 0 Å². The second-order valence-corrected chi connectivity index (χ2v) is 5.97. The summed E-state index contributed by atoms with van der Waals surface area (Å²) in [7, 11) is 0. The molecule has 0 aliphatic carbocycles. The number of rotatable bonds is 6. The zero-order chi connectivity index (χ0) is 15.1. The maximum absolute atomic E-state index is 12.1. The molecule has 1 aliphatic rings. The van der Waals surface area contributed by atoms with Crippen LogP contribution < -0.4 is 5.32 Å². The summed E-state index contributed by atoms with van der Waals surface area (Å²) in [5.41, 5.74) is 0. The topological polar surface area (TPSA) is 86.7 Å². The van der Waals surface area contributed by atoms with E-state index in [2.05, 4.69) is 5.32 Å². The zero-order valence-electron chi connectivity index (χ0n) is 11.9. The van der Waals surface area contributed by atoms with Crippen LogP contribution in [-0.2, 0) is 14.4 Å². The third-order valence-corrected chi connectivity index (χ3v) is 4.11. The molecule has 2 N–H and O–H groups in total. The Balaban J connectivity index is 2.55. The molecule has 6 nitrogen and oxygen atoms in total. The van der Waals surface area contributed by atoms with Gasteiger partial charge in [0.15, 0.2) is 0 Å². The van der Waals surface area contributed by atoms with Crippen LogP contribution in [0.25, 0.3) is 0 Å². The van der Waals surface area contributed by atoms with E-state index in [0.29, 0.717) is 31.7 Å². The van der Waals surface area contributed by atoms with Gasteiger partial charge in [-0.2, -0.15) is 11.8 Å². The highest BCUT2D eigenvalue weighted by molar-refractivity contribution is 7.98. The molecule has 0 aromatic carbocycles. The van der Waals surface area contributed by atoms with Crippen LogP contribution >= 0.6 is 11.8 Å². The minimum absolute atomic E-state index is 0.0420. The molecule has 0 aromatic heterocycles. The van der Waals surface area contributed by atoms with Gasteiger partial charge in [0.1, 0.15) is 6.04 Å². The number of carboxylic acids is 1. The minimum atomic E-state index is -1.01. The Hall–Kier alpha value is -1.24. The fourth-order valence-electron chi connectivity index (χ4n) is 2.26. The fraction of sp³-hybridized carbons (Fsp3) is 0.769. The van der Waals surface area contributed by atoms with E-state index in [-0.39, 0.29) is 17.7 Å². The molecule has 0 saturated carbocycles. The Bertz CT molecular complexity index is 375. The molecule has 114 valence electrons. The van der Waals surface area contributed by atoms with Crippen LogP contribution in [0.2, 0.25) is 0 Å². The predicted octanol–water partition coefficient (Wildman–Crippen LogP) is 0.567. The van der Waals surface area contributed by atoms with Gasteiger partial charge in [-0.15, -0.1) is 0 Å². The molecule has 20 heavy (non-hydrogen) atoms. The maximum Gasteiger partial charge on any atom is 0.326 e. The Morgan fingerprint density at radius 2 is 2.15 bits per heavy atom. The van der Waals surface area contributed by atoms with Crippen molar-refractivity contribution in [1.29, 1.82) is 0 Å². The first kappa shape index (κ1) is 16.8. The van der Waals surface area contributed by atoms with Crippen molar-refractivity contribution in [2.75, 3.05) is 25.1 Å². The minimum Gasteiger partial charge on any atom is -0.480 e. The van der Waals surface area contributed by atoms with E-state index in [1.165, 1.54) is 6.92 Å². The molecule has 1 saturated heterocycles. The van der Waals surface area contributed by atoms with Crippen molar-refractivity contribution < 1.29 is 19.5 Å². The zero-order valence-corrected chi connectivity index (χ0v) is 12.7. The monoisotopic (exact) mass is 302 g/mol. The Morgan fingerprint density at radius 3 is 2.70 bits per heavy atom. The third kappa shape index (κ3) is 5.03. The Labute approximate surface area is 123 Å². The normalized spacial score (nSPS) is 20.3. The fourth-order valence-corrected chi connectivity index (χ4v) is 2.73. The molecule has 1 unspecified atom stereocenters. The van der Waals surface area contributed by atoms with Crippen LogP contribution in [0, 0.1) is 5.92 Å². The molecule has 2 amide bonds. The highest BCUT2D eigenvalue weighted by Gasteiger charge is 2.29. The Morgan fingerprint density at radius 1 is 1.45 bits per heavy atom. The van der Waals surface area contributed by atoms with E-state index in [1.54, 1.807) is 16.7 Å². The standard InChI is InChI=1S/C13H22N2O4S/c1-9(16)15-6-3-4-10(8-15)12(17)14-11(13(18)19)5-7-20-2/h10-11H,3-8H2,1-2H3,(H,14,17)(H,18,19)/t10?,11-/m1/s1. The number of hydrogen-bond acceptors (Lipinski definition) is 4. The van der Waals surface area contributed by atoms with E-state index in [9.17, 15) is 14.4 Å². The molecule has 0 radical (unpaired) electrons.